The van der Waals surface area contributed by atoms with Gasteiger partial charge in [0.2, 0.25) is 0 Å². The zero-order valence-corrected chi connectivity index (χ0v) is 10.1. The Balaban J connectivity index is 1.97. The van der Waals surface area contributed by atoms with Crippen LogP contribution in [-0.4, -0.2) is 11.5 Å². The van der Waals surface area contributed by atoms with Gasteiger partial charge in [-0.25, -0.2) is 8.78 Å². The van der Waals surface area contributed by atoms with Crippen LogP contribution in [0.5, 0.6) is 0 Å². The summed E-state index contributed by atoms with van der Waals surface area (Å²) in [5, 5.41) is 2.87. The lowest BCUT2D eigenvalue weighted by Crippen LogP contribution is -2.08. The summed E-state index contributed by atoms with van der Waals surface area (Å²) in [4.78, 5) is 4.16. The van der Waals surface area contributed by atoms with Gasteiger partial charge in [-0.2, -0.15) is 0 Å². The normalized spacial score (nSPS) is 10.4. The summed E-state index contributed by atoms with van der Waals surface area (Å²) >= 11 is 0. The molecule has 2 aromatic rings. The largest absolute Gasteiger partial charge is 0.382 e. The minimum atomic E-state index is -0.435. The van der Waals surface area contributed by atoms with E-state index in [-0.39, 0.29) is 5.69 Å². The molecule has 94 valence electrons. The number of aryl methyl sites for hydroxylation is 1. The van der Waals surface area contributed by atoms with Gasteiger partial charge in [-0.05, 0) is 30.7 Å². The van der Waals surface area contributed by atoms with Gasteiger partial charge in [0, 0.05) is 30.9 Å². The van der Waals surface area contributed by atoms with Gasteiger partial charge in [-0.15, -0.1) is 0 Å². The van der Waals surface area contributed by atoms with E-state index >= 15 is 0 Å². The molecule has 1 heterocycles. The topological polar surface area (TPSA) is 24.9 Å². The second kappa shape index (κ2) is 5.58. The van der Waals surface area contributed by atoms with Crippen LogP contribution in [0.2, 0.25) is 0 Å². The van der Waals surface area contributed by atoms with Gasteiger partial charge in [-0.3, -0.25) is 4.98 Å². The zero-order chi connectivity index (χ0) is 13.0. The monoisotopic (exact) mass is 248 g/mol. The molecular weight excluding hydrogens is 234 g/mol. The quantitative estimate of drug-likeness (QED) is 0.897. The predicted molar refractivity (Wildman–Crippen MR) is 67.5 cm³/mol. The number of aromatic nitrogens is 1. The molecule has 0 aliphatic carbocycles. The molecular formula is C14H14F2N2. The Morgan fingerprint density at radius 1 is 1.17 bits per heavy atom. The summed E-state index contributed by atoms with van der Waals surface area (Å²) in [7, 11) is 0. The van der Waals surface area contributed by atoms with Crippen LogP contribution in [0.4, 0.5) is 14.5 Å². The molecule has 0 aliphatic heterocycles. The van der Waals surface area contributed by atoms with Crippen molar-refractivity contribution in [3.63, 3.8) is 0 Å². The lowest BCUT2D eigenvalue weighted by molar-refractivity contribution is 0.594. The van der Waals surface area contributed by atoms with Crippen molar-refractivity contribution in [2.45, 2.75) is 13.3 Å². The summed E-state index contributed by atoms with van der Waals surface area (Å²) in [5.41, 5.74) is 1.41. The van der Waals surface area contributed by atoms with Crippen LogP contribution in [0.15, 0.2) is 36.5 Å². The number of halogens is 2. The molecule has 2 nitrogen and oxygen atoms in total. The van der Waals surface area contributed by atoms with Crippen molar-refractivity contribution in [1.29, 1.82) is 0 Å². The Bertz CT molecular complexity index is 527. The molecule has 0 unspecified atom stereocenters. The molecule has 4 heteroatoms. The summed E-state index contributed by atoms with van der Waals surface area (Å²) in [6.45, 7) is 2.05. The van der Waals surface area contributed by atoms with Crippen molar-refractivity contribution >= 4 is 5.69 Å². The third kappa shape index (κ3) is 3.03. The smallest absolute Gasteiger partial charge is 0.146 e. The number of pyridine rings is 1. The summed E-state index contributed by atoms with van der Waals surface area (Å²) < 4.78 is 26.8. The molecule has 0 atom stereocenters. The Hall–Kier alpha value is -1.97. The maximum Gasteiger partial charge on any atom is 0.146 e. The molecule has 0 saturated heterocycles. The van der Waals surface area contributed by atoms with Crippen LogP contribution in [0.25, 0.3) is 0 Å². The van der Waals surface area contributed by atoms with Crippen molar-refractivity contribution < 1.29 is 8.78 Å². The second-order valence-electron chi connectivity index (χ2n) is 4.08. The van der Waals surface area contributed by atoms with Gasteiger partial charge < -0.3 is 5.32 Å². The standard InChI is InChI=1S/C14H14F2N2/c1-10-8-13(16)14(9-12(10)15)18-7-5-11-4-2-3-6-17-11/h2-4,6,8-9,18H,5,7H2,1H3. The van der Waals surface area contributed by atoms with E-state index in [1.165, 1.54) is 19.1 Å². The van der Waals surface area contributed by atoms with Gasteiger partial charge in [0.25, 0.3) is 0 Å². The van der Waals surface area contributed by atoms with Gasteiger partial charge in [0.05, 0.1) is 5.69 Å². The molecule has 0 amide bonds. The molecule has 0 spiro atoms. The number of nitrogens with one attached hydrogen (secondary N) is 1. The van der Waals surface area contributed by atoms with E-state index in [4.69, 9.17) is 0 Å². The lowest BCUT2D eigenvalue weighted by Gasteiger charge is -2.08. The number of nitrogens with zero attached hydrogens (tertiary/aromatic N) is 1. The highest BCUT2D eigenvalue weighted by Crippen LogP contribution is 2.18. The highest BCUT2D eigenvalue weighted by Gasteiger charge is 2.06. The number of anilines is 1. The third-order valence-electron chi connectivity index (χ3n) is 2.67. The Morgan fingerprint density at radius 3 is 2.72 bits per heavy atom. The average molecular weight is 248 g/mol. The first-order chi connectivity index (χ1) is 8.66. The molecule has 0 fully saturated rings. The van der Waals surface area contributed by atoms with Crippen LogP contribution in [0.1, 0.15) is 11.3 Å². The number of hydrogen-bond donors (Lipinski definition) is 1. The van der Waals surface area contributed by atoms with E-state index in [9.17, 15) is 8.78 Å². The van der Waals surface area contributed by atoms with Crippen molar-refractivity contribution in [2.75, 3.05) is 11.9 Å². The van der Waals surface area contributed by atoms with E-state index in [1.54, 1.807) is 6.20 Å². The summed E-state index contributed by atoms with van der Waals surface area (Å²) in [6, 6.07) is 8.01. The van der Waals surface area contributed by atoms with E-state index in [0.29, 0.717) is 18.5 Å². The van der Waals surface area contributed by atoms with Crippen LogP contribution < -0.4 is 5.32 Å². The molecule has 0 bridgehead atoms. The van der Waals surface area contributed by atoms with E-state index < -0.39 is 11.6 Å². The zero-order valence-electron chi connectivity index (χ0n) is 10.1. The van der Waals surface area contributed by atoms with Crippen molar-refractivity contribution in [2.24, 2.45) is 0 Å². The molecule has 2 rings (SSSR count). The Morgan fingerprint density at radius 2 is 2.00 bits per heavy atom. The predicted octanol–water partition coefficient (Wildman–Crippen LogP) is 3.32. The molecule has 1 N–H and O–H groups in total. The maximum absolute atomic E-state index is 13.5. The number of rotatable bonds is 4. The van der Waals surface area contributed by atoms with Crippen LogP contribution >= 0.6 is 0 Å². The molecule has 0 radical (unpaired) electrons. The van der Waals surface area contributed by atoms with Crippen LogP contribution in [0.3, 0.4) is 0 Å². The average Bonchev–Trinajstić information content (AvgIpc) is 2.37. The van der Waals surface area contributed by atoms with Crippen LogP contribution in [-0.2, 0) is 6.42 Å². The second-order valence-corrected chi connectivity index (χ2v) is 4.08. The SMILES string of the molecule is Cc1cc(F)c(NCCc2ccccn2)cc1F. The third-order valence-corrected chi connectivity index (χ3v) is 2.67. The molecule has 0 saturated carbocycles. The Kier molecular flexibility index (Phi) is 3.87. The van der Waals surface area contributed by atoms with Gasteiger partial charge in [-0.1, -0.05) is 6.07 Å². The molecule has 0 aliphatic rings. The molecule has 1 aromatic carbocycles. The first-order valence-electron chi connectivity index (χ1n) is 5.76. The minimum absolute atomic E-state index is 0.189. The first-order valence-corrected chi connectivity index (χ1v) is 5.76. The maximum atomic E-state index is 13.5. The van der Waals surface area contributed by atoms with Crippen LogP contribution in [0, 0.1) is 18.6 Å². The van der Waals surface area contributed by atoms with Crippen molar-refractivity contribution in [3.05, 3.63) is 59.4 Å². The molecule has 1 aromatic heterocycles. The van der Waals surface area contributed by atoms with E-state index in [2.05, 4.69) is 10.3 Å². The fraction of sp³-hybridized carbons (Fsp3) is 0.214. The van der Waals surface area contributed by atoms with Gasteiger partial charge in [0.1, 0.15) is 11.6 Å². The van der Waals surface area contributed by atoms with E-state index in [0.717, 1.165) is 5.69 Å². The fourth-order valence-electron chi connectivity index (χ4n) is 1.65. The highest BCUT2D eigenvalue weighted by molar-refractivity contribution is 5.46. The first kappa shape index (κ1) is 12.5. The molecule has 18 heavy (non-hydrogen) atoms. The van der Waals surface area contributed by atoms with Crippen molar-refractivity contribution in [1.82, 2.24) is 4.98 Å². The number of benzene rings is 1. The fourth-order valence-corrected chi connectivity index (χ4v) is 1.65. The van der Waals surface area contributed by atoms with Gasteiger partial charge >= 0.3 is 0 Å². The summed E-state index contributed by atoms with van der Waals surface area (Å²) in [5.74, 6) is -0.841. The van der Waals surface area contributed by atoms with E-state index in [1.807, 2.05) is 18.2 Å². The lowest BCUT2D eigenvalue weighted by atomic mass is 10.2. The summed E-state index contributed by atoms with van der Waals surface area (Å²) in [6.07, 6.45) is 2.37. The van der Waals surface area contributed by atoms with Gasteiger partial charge in [0.15, 0.2) is 0 Å². The Labute approximate surface area is 105 Å². The van der Waals surface area contributed by atoms with Crippen molar-refractivity contribution in [3.8, 4) is 0 Å². The highest BCUT2D eigenvalue weighted by atomic mass is 19.1. The minimum Gasteiger partial charge on any atom is -0.382 e. The number of hydrogen-bond acceptors (Lipinski definition) is 2.